The van der Waals surface area contributed by atoms with E-state index in [1.54, 1.807) is 11.3 Å². The van der Waals surface area contributed by atoms with Crippen LogP contribution in [0.15, 0.2) is 12.1 Å². The van der Waals surface area contributed by atoms with Crippen LogP contribution >= 0.6 is 22.9 Å². The molecule has 1 aliphatic carbocycles. The van der Waals surface area contributed by atoms with Crippen molar-refractivity contribution in [1.82, 2.24) is 5.32 Å². The molecule has 1 aromatic rings. The molecule has 100 valence electrons. The van der Waals surface area contributed by atoms with Crippen LogP contribution in [0.5, 0.6) is 0 Å². The van der Waals surface area contributed by atoms with E-state index in [4.69, 9.17) is 11.6 Å². The van der Waals surface area contributed by atoms with Crippen molar-refractivity contribution in [2.75, 3.05) is 12.4 Å². The Kier molecular flexibility index (Phi) is 4.68. The van der Waals surface area contributed by atoms with Gasteiger partial charge < -0.3 is 5.32 Å². The molecule has 0 bridgehead atoms. The summed E-state index contributed by atoms with van der Waals surface area (Å²) in [6.45, 7) is 2.73. The first-order valence-corrected chi connectivity index (χ1v) is 7.91. The summed E-state index contributed by atoms with van der Waals surface area (Å²) in [6, 6.07) is 3.88. The minimum absolute atomic E-state index is 0.0446. The molecule has 0 aliphatic heterocycles. The maximum atomic E-state index is 12.0. The summed E-state index contributed by atoms with van der Waals surface area (Å²) >= 11 is 7.67. The number of hydrogen-bond donors (Lipinski definition) is 1. The molecular formula is C14H20ClNOS. The number of hydrogen-bond acceptors (Lipinski definition) is 2. The first kappa shape index (κ1) is 13.9. The van der Waals surface area contributed by atoms with Gasteiger partial charge in [-0.2, -0.15) is 0 Å². The van der Waals surface area contributed by atoms with Crippen LogP contribution in [0.4, 0.5) is 0 Å². The minimum Gasteiger partial charge on any atom is -0.351 e. The standard InChI is InChI=1S/C14H20ClNOS/c1-11-5-6-12(18-11)13(17)16-10-14(9-15)7-3-2-4-8-14/h5-6H,2-4,7-10H2,1H3,(H,16,17). The van der Waals surface area contributed by atoms with Crippen LogP contribution in [0.3, 0.4) is 0 Å². The predicted octanol–water partition coefficient (Wildman–Crippen LogP) is 3.98. The summed E-state index contributed by atoms with van der Waals surface area (Å²) in [7, 11) is 0. The Morgan fingerprint density at radius 1 is 1.39 bits per heavy atom. The summed E-state index contributed by atoms with van der Waals surface area (Å²) < 4.78 is 0. The second-order valence-electron chi connectivity index (χ2n) is 5.29. The van der Waals surface area contributed by atoms with E-state index in [0.717, 1.165) is 17.7 Å². The number of halogens is 1. The van der Waals surface area contributed by atoms with Gasteiger partial charge in [0.15, 0.2) is 0 Å². The average Bonchev–Trinajstić information content (AvgIpc) is 2.84. The van der Waals surface area contributed by atoms with Crippen LogP contribution < -0.4 is 5.32 Å². The Morgan fingerprint density at radius 2 is 2.11 bits per heavy atom. The lowest BCUT2D eigenvalue weighted by molar-refractivity contribution is 0.0925. The van der Waals surface area contributed by atoms with Crippen LogP contribution in [0.1, 0.15) is 46.7 Å². The smallest absolute Gasteiger partial charge is 0.261 e. The number of nitrogens with one attached hydrogen (secondary N) is 1. The Morgan fingerprint density at radius 3 is 2.67 bits per heavy atom. The van der Waals surface area contributed by atoms with Crippen molar-refractivity contribution in [3.8, 4) is 0 Å². The molecule has 1 aromatic heterocycles. The van der Waals surface area contributed by atoms with Crippen LogP contribution in [0.25, 0.3) is 0 Å². The Hall–Kier alpha value is -0.540. The zero-order valence-corrected chi connectivity index (χ0v) is 12.4. The Labute approximate surface area is 118 Å². The molecule has 1 saturated carbocycles. The van der Waals surface area contributed by atoms with Crippen molar-refractivity contribution in [2.45, 2.75) is 39.0 Å². The maximum absolute atomic E-state index is 12.0. The summed E-state index contributed by atoms with van der Waals surface area (Å²) in [6.07, 6.45) is 6.05. The highest BCUT2D eigenvalue weighted by molar-refractivity contribution is 7.13. The first-order valence-electron chi connectivity index (χ1n) is 6.56. The van der Waals surface area contributed by atoms with Gasteiger partial charge in [-0.05, 0) is 31.9 Å². The number of alkyl halides is 1. The van der Waals surface area contributed by atoms with E-state index < -0.39 is 0 Å². The van der Waals surface area contributed by atoms with Gasteiger partial charge in [-0.15, -0.1) is 22.9 Å². The normalized spacial score (nSPS) is 18.6. The number of aryl methyl sites for hydroxylation is 1. The quantitative estimate of drug-likeness (QED) is 0.833. The predicted molar refractivity (Wildman–Crippen MR) is 77.6 cm³/mol. The SMILES string of the molecule is Cc1ccc(C(=O)NCC2(CCl)CCCCC2)s1. The first-order chi connectivity index (χ1) is 8.65. The monoisotopic (exact) mass is 285 g/mol. The molecular weight excluding hydrogens is 266 g/mol. The lowest BCUT2D eigenvalue weighted by atomic mass is 9.75. The molecule has 1 amide bonds. The molecule has 1 N–H and O–H groups in total. The zero-order chi connectivity index (χ0) is 13.0. The molecule has 18 heavy (non-hydrogen) atoms. The fraction of sp³-hybridized carbons (Fsp3) is 0.643. The highest BCUT2D eigenvalue weighted by atomic mass is 35.5. The number of thiophene rings is 1. The van der Waals surface area contributed by atoms with E-state index in [1.165, 1.54) is 24.1 Å². The van der Waals surface area contributed by atoms with Crippen molar-refractivity contribution >= 4 is 28.8 Å². The average molecular weight is 286 g/mol. The number of rotatable bonds is 4. The van der Waals surface area contributed by atoms with Crippen molar-refractivity contribution in [2.24, 2.45) is 5.41 Å². The van der Waals surface area contributed by atoms with Crippen molar-refractivity contribution < 1.29 is 4.79 Å². The summed E-state index contributed by atoms with van der Waals surface area (Å²) in [4.78, 5) is 14.0. The zero-order valence-electron chi connectivity index (χ0n) is 10.8. The largest absolute Gasteiger partial charge is 0.351 e. The van der Waals surface area contributed by atoms with Gasteiger partial charge in [0, 0.05) is 22.7 Å². The molecule has 4 heteroatoms. The van der Waals surface area contributed by atoms with Gasteiger partial charge >= 0.3 is 0 Å². The van der Waals surface area contributed by atoms with E-state index >= 15 is 0 Å². The highest BCUT2D eigenvalue weighted by Gasteiger charge is 2.31. The Bertz CT molecular complexity index is 410. The molecule has 1 heterocycles. The van der Waals surface area contributed by atoms with Crippen molar-refractivity contribution in [3.63, 3.8) is 0 Å². The van der Waals surface area contributed by atoms with Crippen molar-refractivity contribution in [3.05, 3.63) is 21.9 Å². The topological polar surface area (TPSA) is 29.1 Å². The van der Waals surface area contributed by atoms with Gasteiger partial charge in [0.1, 0.15) is 0 Å². The molecule has 0 spiro atoms. The van der Waals surface area contributed by atoms with Gasteiger partial charge in [-0.25, -0.2) is 0 Å². The molecule has 2 nitrogen and oxygen atoms in total. The fourth-order valence-electron chi connectivity index (χ4n) is 2.57. The number of carbonyl (C=O) groups is 1. The van der Waals surface area contributed by atoms with Crippen LogP contribution in [0.2, 0.25) is 0 Å². The number of amides is 1. The molecule has 0 unspecified atom stereocenters. The van der Waals surface area contributed by atoms with Crippen LogP contribution in [0, 0.1) is 12.3 Å². The van der Waals surface area contributed by atoms with E-state index in [-0.39, 0.29) is 11.3 Å². The summed E-state index contributed by atoms with van der Waals surface area (Å²) in [5.41, 5.74) is 0.127. The molecule has 0 atom stereocenters. The van der Waals surface area contributed by atoms with Crippen LogP contribution in [-0.2, 0) is 0 Å². The lowest BCUT2D eigenvalue weighted by Gasteiger charge is -2.35. The molecule has 0 aromatic carbocycles. The van der Waals surface area contributed by atoms with E-state index in [0.29, 0.717) is 12.4 Å². The van der Waals surface area contributed by atoms with Crippen molar-refractivity contribution in [1.29, 1.82) is 0 Å². The van der Waals surface area contributed by atoms with Gasteiger partial charge in [0.25, 0.3) is 5.91 Å². The maximum Gasteiger partial charge on any atom is 0.261 e. The van der Waals surface area contributed by atoms with E-state index in [2.05, 4.69) is 5.32 Å². The second kappa shape index (κ2) is 6.07. The molecule has 1 aliphatic rings. The summed E-state index contributed by atoms with van der Waals surface area (Å²) in [5, 5.41) is 3.06. The van der Waals surface area contributed by atoms with Gasteiger partial charge in [0.2, 0.25) is 0 Å². The third-order valence-corrected chi connectivity index (χ3v) is 5.35. The minimum atomic E-state index is 0.0446. The third-order valence-electron chi connectivity index (χ3n) is 3.79. The Balaban J connectivity index is 1.91. The third kappa shape index (κ3) is 3.27. The van der Waals surface area contributed by atoms with Crippen LogP contribution in [-0.4, -0.2) is 18.3 Å². The highest BCUT2D eigenvalue weighted by Crippen LogP contribution is 2.36. The molecule has 1 fully saturated rings. The lowest BCUT2D eigenvalue weighted by Crippen LogP contribution is -2.40. The van der Waals surface area contributed by atoms with Gasteiger partial charge in [0.05, 0.1) is 4.88 Å². The molecule has 0 radical (unpaired) electrons. The molecule has 2 rings (SSSR count). The summed E-state index contributed by atoms with van der Waals surface area (Å²) in [5.74, 6) is 0.694. The second-order valence-corrected chi connectivity index (χ2v) is 6.84. The van der Waals surface area contributed by atoms with E-state index in [9.17, 15) is 4.79 Å². The molecule has 0 saturated heterocycles. The number of carbonyl (C=O) groups excluding carboxylic acids is 1. The van der Waals surface area contributed by atoms with E-state index in [1.807, 2.05) is 19.1 Å². The van der Waals surface area contributed by atoms with Gasteiger partial charge in [-0.1, -0.05) is 19.3 Å². The fourth-order valence-corrected chi connectivity index (χ4v) is 3.72. The van der Waals surface area contributed by atoms with Gasteiger partial charge in [-0.3, -0.25) is 4.79 Å².